The van der Waals surface area contributed by atoms with Crippen molar-refractivity contribution in [1.82, 2.24) is 0 Å². The molecule has 0 saturated heterocycles. The van der Waals surface area contributed by atoms with Gasteiger partial charge in [0, 0.05) is 0 Å². The molecule has 1 atom stereocenters. The first-order chi connectivity index (χ1) is 6.20. The molecule has 0 aromatic carbocycles. The summed E-state index contributed by atoms with van der Waals surface area (Å²) >= 11 is 0. The Kier molecular flexibility index (Phi) is 8.46. The zero-order valence-electron chi connectivity index (χ0n) is 9.38. The molecule has 0 saturated carbocycles. The molecule has 1 radical (unpaired) electrons. The Morgan fingerprint density at radius 2 is 2.00 bits per heavy atom. The zero-order chi connectivity index (χ0) is 10.1. The zero-order valence-corrected chi connectivity index (χ0v) is 9.38. The highest BCUT2D eigenvalue weighted by Gasteiger charge is 2.08. The van der Waals surface area contributed by atoms with Crippen LogP contribution in [-0.2, 0) is 9.47 Å². The Hall–Kier alpha value is -0.0800. The molecule has 79 valence electrons. The number of unbranched alkanes of at least 4 members (excludes halogenated alkanes) is 1. The van der Waals surface area contributed by atoms with Gasteiger partial charge in [0.25, 0.3) is 0 Å². The molecule has 0 aliphatic heterocycles. The summed E-state index contributed by atoms with van der Waals surface area (Å²) in [5.41, 5.74) is 0. The van der Waals surface area contributed by atoms with Crippen molar-refractivity contribution in [1.29, 1.82) is 0 Å². The fraction of sp³-hybridized carbons (Fsp3) is 0.909. The van der Waals surface area contributed by atoms with Gasteiger partial charge in [-0.15, -0.1) is 0 Å². The van der Waals surface area contributed by atoms with E-state index in [1.54, 1.807) is 6.61 Å². The maximum Gasteiger partial charge on any atom is 0.158 e. The van der Waals surface area contributed by atoms with Crippen molar-refractivity contribution in [3.8, 4) is 0 Å². The van der Waals surface area contributed by atoms with Gasteiger partial charge in [0.2, 0.25) is 0 Å². The van der Waals surface area contributed by atoms with Crippen LogP contribution in [0, 0.1) is 12.5 Å². The SMILES string of the molecule is C[CH]OC(CCCC)OCC(C)C. The predicted molar refractivity (Wildman–Crippen MR) is 55.2 cm³/mol. The first-order valence-electron chi connectivity index (χ1n) is 5.25. The highest BCUT2D eigenvalue weighted by molar-refractivity contribution is 4.50. The molecule has 0 aromatic rings. The molecular formula is C11H23O2. The molecule has 2 heteroatoms. The number of hydrogen-bond acceptors (Lipinski definition) is 2. The summed E-state index contributed by atoms with van der Waals surface area (Å²) in [5, 5.41) is 0. The van der Waals surface area contributed by atoms with Gasteiger partial charge in [0.15, 0.2) is 6.29 Å². The molecule has 0 rings (SSSR count). The van der Waals surface area contributed by atoms with Crippen molar-refractivity contribution in [2.75, 3.05) is 6.61 Å². The fourth-order valence-corrected chi connectivity index (χ4v) is 1.01. The van der Waals surface area contributed by atoms with E-state index < -0.39 is 0 Å². The molecule has 0 aromatic heterocycles. The molecular weight excluding hydrogens is 164 g/mol. The quantitative estimate of drug-likeness (QED) is 0.542. The lowest BCUT2D eigenvalue weighted by atomic mass is 10.2. The van der Waals surface area contributed by atoms with E-state index in [4.69, 9.17) is 9.47 Å². The fourth-order valence-electron chi connectivity index (χ4n) is 1.01. The van der Waals surface area contributed by atoms with Crippen LogP contribution in [0.3, 0.4) is 0 Å². The van der Waals surface area contributed by atoms with Crippen LogP contribution in [0.4, 0.5) is 0 Å². The van der Waals surface area contributed by atoms with Gasteiger partial charge in [0.05, 0.1) is 13.2 Å². The van der Waals surface area contributed by atoms with Crippen LogP contribution in [0.1, 0.15) is 47.0 Å². The third kappa shape index (κ3) is 8.26. The lowest BCUT2D eigenvalue weighted by molar-refractivity contribution is -0.130. The van der Waals surface area contributed by atoms with Gasteiger partial charge in [0.1, 0.15) is 0 Å². The molecule has 0 amide bonds. The smallest absolute Gasteiger partial charge is 0.158 e. The van der Waals surface area contributed by atoms with E-state index in [0.717, 1.165) is 19.4 Å². The van der Waals surface area contributed by atoms with Crippen LogP contribution in [0.25, 0.3) is 0 Å². The Balaban J connectivity index is 3.53. The van der Waals surface area contributed by atoms with E-state index in [9.17, 15) is 0 Å². The van der Waals surface area contributed by atoms with Crippen molar-refractivity contribution in [2.24, 2.45) is 5.92 Å². The minimum atomic E-state index is -0.0349. The second kappa shape index (κ2) is 8.52. The van der Waals surface area contributed by atoms with Crippen molar-refractivity contribution in [2.45, 2.75) is 53.2 Å². The second-order valence-electron chi connectivity index (χ2n) is 3.67. The number of rotatable bonds is 8. The van der Waals surface area contributed by atoms with Crippen LogP contribution < -0.4 is 0 Å². The second-order valence-corrected chi connectivity index (χ2v) is 3.67. The summed E-state index contributed by atoms with van der Waals surface area (Å²) in [5.74, 6) is 0.574. The highest BCUT2D eigenvalue weighted by atomic mass is 16.7. The topological polar surface area (TPSA) is 18.5 Å². The van der Waals surface area contributed by atoms with E-state index in [1.807, 2.05) is 6.92 Å². The summed E-state index contributed by atoms with van der Waals surface area (Å²) < 4.78 is 10.9. The normalized spacial score (nSPS) is 13.6. The van der Waals surface area contributed by atoms with E-state index in [1.165, 1.54) is 6.42 Å². The number of ether oxygens (including phenoxy) is 2. The molecule has 1 unspecified atom stereocenters. The molecule has 0 spiro atoms. The molecule has 0 aliphatic carbocycles. The summed E-state index contributed by atoms with van der Waals surface area (Å²) in [6, 6.07) is 0. The van der Waals surface area contributed by atoms with Gasteiger partial charge in [-0.1, -0.05) is 27.2 Å². The third-order valence-corrected chi connectivity index (χ3v) is 1.70. The van der Waals surface area contributed by atoms with Crippen molar-refractivity contribution < 1.29 is 9.47 Å². The molecule has 13 heavy (non-hydrogen) atoms. The Morgan fingerprint density at radius 1 is 1.31 bits per heavy atom. The van der Waals surface area contributed by atoms with Gasteiger partial charge in [-0.25, -0.2) is 0 Å². The average molecular weight is 187 g/mol. The predicted octanol–water partition coefficient (Wildman–Crippen LogP) is 3.37. The van der Waals surface area contributed by atoms with Crippen molar-refractivity contribution >= 4 is 0 Å². The standard InChI is InChI=1S/C11H23O2/c1-5-7-8-11(12-6-2)13-9-10(3)4/h6,10-11H,5,7-9H2,1-4H3. The first kappa shape index (κ1) is 12.9. The largest absolute Gasteiger partial charge is 0.352 e. The van der Waals surface area contributed by atoms with E-state index in [0.29, 0.717) is 5.92 Å². The third-order valence-electron chi connectivity index (χ3n) is 1.70. The van der Waals surface area contributed by atoms with E-state index in [2.05, 4.69) is 20.8 Å². The summed E-state index contributed by atoms with van der Waals surface area (Å²) in [6.07, 6.45) is 3.31. The summed E-state index contributed by atoms with van der Waals surface area (Å²) in [4.78, 5) is 0. The minimum Gasteiger partial charge on any atom is -0.352 e. The summed E-state index contributed by atoms with van der Waals surface area (Å²) in [7, 11) is 0. The van der Waals surface area contributed by atoms with Gasteiger partial charge < -0.3 is 9.47 Å². The minimum absolute atomic E-state index is 0.0349. The molecule has 2 nitrogen and oxygen atoms in total. The van der Waals surface area contributed by atoms with Crippen LogP contribution >= 0.6 is 0 Å². The van der Waals surface area contributed by atoms with Crippen LogP contribution in [-0.4, -0.2) is 12.9 Å². The lowest BCUT2D eigenvalue weighted by Gasteiger charge is -2.18. The Labute approximate surface area is 82.6 Å². The van der Waals surface area contributed by atoms with E-state index in [-0.39, 0.29) is 6.29 Å². The Bertz CT molecular complexity index is 102. The summed E-state index contributed by atoms with van der Waals surface area (Å²) in [6.45, 7) is 10.8. The highest BCUT2D eigenvalue weighted by Crippen LogP contribution is 2.09. The lowest BCUT2D eigenvalue weighted by Crippen LogP contribution is -2.18. The number of hydrogen-bond donors (Lipinski definition) is 0. The molecule has 0 aliphatic rings. The molecule has 0 fully saturated rings. The van der Waals surface area contributed by atoms with Crippen LogP contribution in [0.2, 0.25) is 0 Å². The van der Waals surface area contributed by atoms with Gasteiger partial charge in [-0.05, 0) is 25.7 Å². The molecule has 0 heterocycles. The maximum atomic E-state index is 5.59. The van der Waals surface area contributed by atoms with Gasteiger partial charge >= 0.3 is 0 Å². The van der Waals surface area contributed by atoms with Crippen LogP contribution in [0.5, 0.6) is 0 Å². The first-order valence-corrected chi connectivity index (χ1v) is 5.25. The van der Waals surface area contributed by atoms with E-state index >= 15 is 0 Å². The molecule has 0 bridgehead atoms. The van der Waals surface area contributed by atoms with Crippen molar-refractivity contribution in [3.05, 3.63) is 6.61 Å². The van der Waals surface area contributed by atoms with Crippen molar-refractivity contribution in [3.63, 3.8) is 0 Å². The monoisotopic (exact) mass is 187 g/mol. The van der Waals surface area contributed by atoms with Gasteiger partial charge in [-0.2, -0.15) is 0 Å². The molecule has 0 N–H and O–H groups in total. The van der Waals surface area contributed by atoms with Gasteiger partial charge in [-0.3, -0.25) is 0 Å². The van der Waals surface area contributed by atoms with Crippen LogP contribution in [0.15, 0.2) is 0 Å². The Morgan fingerprint density at radius 3 is 2.46 bits per heavy atom. The average Bonchev–Trinajstić information content (AvgIpc) is 2.09. The maximum absolute atomic E-state index is 5.59.